The average Bonchev–Trinajstić information content (AvgIpc) is 2.79. The highest BCUT2D eigenvalue weighted by atomic mass is 16.5. The molecule has 0 spiro atoms. The first-order valence-electron chi connectivity index (χ1n) is 6.15. The summed E-state index contributed by atoms with van der Waals surface area (Å²) in [6, 6.07) is 7.80. The third-order valence-electron chi connectivity index (χ3n) is 3.50. The number of hydrogen-bond acceptors (Lipinski definition) is 3. The van der Waals surface area contributed by atoms with Crippen molar-refractivity contribution in [1.29, 1.82) is 0 Å². The second-order valence-electron chi connectivity index (χ2n) is 4.62. The van der Waals surface area contributed by atoms with Gasteiger partial charge in [0, 0.05) is 30.5 Å². The molecule has 0 radical (unpaired) electrons. The Morgan fingerprint density at radius 1 is 1.37 bits per heavy atom. The highest BCUT2D eigenvalue weighted by Crippen LogP contribution is 2.40. The van der Waals surface area contributed by atoms with Gasteiger partial charge in [-0.15, -0.1) is 0 Å². The molecule has 1 N–H and O–H groups in total. The second kappa shape index (κ2) is 4.42. The number of anilines is 1. The maximum Gasteiger partial charge on any atom is 0.226 e. The number of fused-ring (bicyclic) bond motifs is 1. The first-order valence-corrected chi connectivity index (χ1v) is 6.15. The lowest BCUT2D eigenvalue weighted by molar-refractivity contribution is -0.116. The Hall–Kier alpha value is -2.30. The van der Waals surface area contributed by atoms with Crippen molar-refractivity contribution in [2.24, 2.45) is 7.05 Å². The van der Waals surface area contributed by atoms with E-state index in [0.29, 0.717) is 6.42 Å². The van der Waals surface area contributed by atoms with Gasteiger partial charge < -0.3 is 10.1 Å². The maximum absolute atomic E-state index is 11.9. The minimum Gasteiger partial charge on any atom is -0.496 e. The van der Waals surface area contributed by atoms with Crippen LogP contribution in [0.3, 0.4) is 0 Å². The van der Waals surface area contributed by atoms with Gasteiger partial charge in [-0.1, -0.05) is 18.2 Å². The lowest BCUT2D eigenvalue weighted by Crippen LogP contribution is -2.24. The number of carbonyl (C=O) groups excluding carboxylic acids is 1. The predicted molar refractivity (Wildman–Crippen MR) is 71.3 cm³/mol. The standard InChI is InChI=1S/C14H15N3O2/c1-17-14-11(8-15-17)10(7-13(18)16-14)9-5-3-4-6-12(9)19-2/h3-6,8,10H,7H2,1-2H3,(H,16,18)/t10-/m1/s1. The summed E-state index contributed by atoms with van der Waals surface area (Å²) in [5.41, 5.74) is 2.06. The van der Waals surface area contributed by atoms with Crippen LogP contribution >= 0.6 is 0 Å². The van der Waals surface area contributed by atoms with Crippen molar-refractivity contribution in [3.8, 4) is 5.75 Å². The molecule has 1 aromatic heterocycles. The third-order valence-corrected chi connectivity index (χ3v) is 3.50. The van der Waals surface area contributed by atoms with Gasteiger partial charge in [0.05, 0.1) is 13.3 Å². The molecule has 98 valence electrons. The van der Waals surface area contributed by atoms with Crippen LogP contribution in [-0.2, 0) is 11.8 Å². The topological polar surface area (TPSA) is 56.1 Å². The molecule has 0 unspecified atom stereocenters. The lowest BCUT2D eigenvalue weighted by atomic mass is 9.87. The van der Waals surface area contributed by atoms with Crippen LogP contribution in [0.25, 0.3) is 0 Å². The van der Waals surface area contributed by atoms with Gasteiger partial charge in [-0.25, -0.2) is 0 Å². The number of hydrogen-bond donors (Lipinski definition) is 1. The number of rotatable bonds is 2. The number of benzene rings is 1. The second-order valence-corrected chi connectivity index (χ2v) is 4.62. The number of carbonyl (C=O) groups is 1. The van der Waals surface area contributed by atoms with E-state index < -0.39 is 0 Å². The van der Waals surface area contributed by atoms with Gasteiger partial charge >= 0.3 is 0 Å². The molecule has 1 atom stereocenters. The number of aromatic nitrogens is 2. The summed E-state index contributed by atoms with van der Waals surface area (Å²) in [6.45, 7) is 0. The molecular formula is C14H15N3O2. The molecule has 0 aliphatic carbocycles. The van der Waals surface area contributed by atoms with E-state index in [0.717, 1.165) is 22.7 Å². The van der Waals surface area contributed by atoms with E-state index in [-0.39, 0.29) is 11.8 Å². The van der Waals surface area contributed by atoms with Gasteiger partial charge in [0.1, 0.15) is 11.6 Å². The summed E-state index contributed by atoms with van der Waals surface area (Å²) in [6.07, 6.45) is 2.23. The summed E-state index contributed by atoms with van der Waals surface area (Å²) in [4.78, 5) is 11.9. The van der Waals surface area contributed by atoms with Crippen LogP contribution in [0.1, 0.15) is 23.5 Å². The Bertz CT molecular complexity index is 633. The molecule has 0 fully saturated rings. The molecule has 0 saturated carbocycles. The van der Waals surface area contributed by atoms with E-state index in [1.165, 1.54) is 0 Å². The highest BCUT2D eigenvalue weighted by molar-refractivity contribution is 5.94. The van der Waals surface area contributed by atoms with E-state index in [2.05, 4.69) is 10.4 Å². The van der Waals surface area contributed by atoms with E-state index in [1.807, 2.05) is 37.5 Å². The molecule has 1 amide bonds. The number of ether oxygens (including phenoxy) is 1. The van der Waals surface area contributed by atoms with Crippen LogP contribution in [0.2, 0.25) is 0 Å². The molecule has 0 bridgehead atoms. The summed E-state index contributed by atoms with van der Waals surface area (Å²) < 4.78 is 7.09. The fourth-order valence-corrected chi connectivity index (χ4v) is 2.57. The molecule has 2 aromatic rings. The van der Waals surface area contributed by atoms with Crippen LogP contribution in [0, 0.1) is 0 Å². The molecule has 19 heavy (non-hydrogen) atoms. The molecule has 1 aliphatic rings. The summed E-state index contributed by atoms with van der Waals surface area (Å²) >= 11 is 0. The van der Waals surface area contributed by atoms with Gasteiger partial charge in [0.2, 0.25) is 5.91 Å². The molecule has 1 aliphatic heterocycles. The van der Waals surface area contributed by atoms with Crippen molar-refractivity contribution < 1.29 is 9.53 Å². The third kappa shape index (κ3) is 1.87. The molecule has 2 heterocycles. The van der Waals surface area contributed by atoms with Gasteiger partial charge in [0.25, 0.3) is 0 Å². The maximum atomic E-state index is 11.9. The van der Waals surface area contributed by atoms with Crippen LogP contribution in [-0.4, -0.2) is 22.8 Å². The highest BCUT2D eigenvalue weighted by Gasteiger charge is 2.30. The van der Waals surface area contributed by atoms with E-state index >= 15 is 0 Å². The fourth-order valence-electron chi connectivity index (χ4n) is 2.57. The smallest absolute Gasteiger partial charge is 0.226 e. The number of nitrogens with one attached hydrogen (secondary N) is 1. The quantitative estimate of drug-likeness (QED) is 0.894. The minimum absolute atomic E-state index is 0.00593. The predicted octanol–water partition coefficient (Wildman–Crippen LogP) is 1.90. The largest absolute Gasteiger partial charge is 0.496 e. The van der Waals surface area contributed by atoms with Crippen molar-refractivity contribution in [2.45, 2.75) is 12.3 Å². The van der Waals surface area contributed by atoms with Crippen molar-refractivity contribution in [3.63, 3.8) is 0 Å². The van der Waals surface area contributed by atoms with E-state index in [4.69, 9.17) is 4.74 Å². The van der Waals surface area contributed by atoms with Crippen LogP contribution in [0.15, 0.2) is 30.5 Å². The van der Waals surface area contributed by atoms with Crippen molar-refractivity contribution in [1.82, 2.24) is 9.78 Å². The van der Waals surface area contributed by atoms with Gasteiger partial charge in [-0.3, -0.25) is 9.48 Å². The number of nitrogens with zero attached hydrogens (tertiary/aromatic N) is 2. The zero-order valence-electron chi connectivity index (χ0n) is 10.9. The lowest BCUT2D eigenvalue weighted by Gasteiger charge is -2.24. The zero-order valence-corrected chi connectivity index (χ0v) is 10.9. The first kappa shape index (κ1) is 11.8. The van der Waals surface area contributed by atoms with E-state index in [1.54, 1.807) is 11.8 Å². The molecule has 3 rings (SSSR count). The Balaban J connectivity index is 2.13. The minimum atomic E-state index is -0.00593. The van der Waals surface area contributed by atoms with Gasteiger partial charge in [-0.05, 0) is 6.07 Å². The monoisotopic (exact) mass is 257 g/mol. The Morgan fingerprint density at radius 2 is 2.16 bits per heavy atom. The van der Waals surface area contributed by atoms with Crippen LogP contribution < -0.4 is 10.1 Å². The number of amides is 1. The summed E-state index contributed by atoms with van der Waals surface area (Å²) in [5.74, 6) is 1.57. The van der Waals surface area contributed by atoms with Gasteiger partial charge in [0.15, 0.2) is 0 Å². The Kier molecular flexibility index (Phi) is 2.74. The summed E-state index contributed by atoms with van der Waals surface area (Å²) in [5, 5.41) is 7.09. The van der Waals surface area contributed by atoms with Crippen molar-refractivity contribution in [2.75, 3.05) is 12.4 Å². The Morgan fingerprint density at radius 3 is 2.95 bits per heavy atom. The molecular weight excluding hydrogens is 242 g/mol. The fraction of sp³-hybridized carbons (Fsp3) is 0.286. The molecule has 5 nitrogen and oxygen atoms in total. The molecule has 5 heteroatoms. The molecule has 0 saturated heterocycles. The van der Waals surface area contributed by atoms with E-state index in [9.17, 15) is 4.79 Å². The number of para-hydroxylation sites is 1. The summed E-state index contributed by atoms with van der Waals surface area (Å²) in [7, 11) is 3.47. The van der Waals surface area contributed by atoms with Crippen LogP contribution in [0.4, 0.5) is 5.82 Å². The SMILES string of the molecule is COc1ccccc1[C@H]1CC(=O)Nc2c1cnn2C. The normalized spacial score (nSPS) is 17.8. The van der Waals surface area contributed by atoms with Crippen molar-refractivity contribution >= 4 is 11.7 Å². The first-order chi connectivity index (χ1) is 9.20. The van der Waals surface area contributed by atoms with Crippen LogP contribution in [0.5, 0.6) is 5.75 Å². The number of aryl methyl sites for hydroxylation is 1. The Labute approximate surface area is 111 Å². The van der Waals surface area contributed by atoms with Crippen molar-refractivity contribution in [3.05, 3.63) is 41.6 Å². The zero-order chi connectivity index (χ0) is 13.4. The average molecular weight is 257 g/mol. The number of methoxy groups -OCH3 is 1. The molecule has 1 aromatic carbocycles. The van der Waals surface area contributed by atoms with Gasteiger partial charge in [-0.2, -0.15) is 5.10 Å².